The van der Waals surface area contributed by atoms with Crippen molar-refractivity contribution in [3.8, 4) is 22.9 Å². The second-order valence-corrected chi connectivity index (χ2v) is 12.0. The highest BCUT2D eigenvalue weighted by atomic mass is 32.2. The van der Waals surface area contributed by atoms with Crippen LogP contribution in [0.25, 0.3) is 5.69 Å². The average molecular weight is 699 g/mol. The zero-order valence-corrected chi connectivity index (χ0v) is 28.1. The minimum atomic E-state index is -0.541. The summed E-state index contributed by atoms with van der Waals surface area (Å²) < 4.78 is 45.8. The van der Waals surface area contributed by atoms with Gasteiger partial charge in [0.15, 0.2) is 22.5 Å². The maximum atomic E-state index is 14.0. The van der Waals surface area contributed by atoms with Gasteiger partial charge in [-0.2, -0.15) is 5.10 Å². The Hall–Kier alpha value is -5.76. The summed E-state index contributed by atoms with van der Waals surface area (Å²) in [5.41, 5.74) is 2.92. The maximum absolute atomic E-state index is 14.0. The number of carbonyl (C=O) groups is 2. The number of rotatable bonds is 12. The lowest BCUT2D eigenvalue weighted by atomic mass is 9.97. The number of thioether (sulfide) groups is 1. The molecule has 2 amide bonds. The van der Waals surface area contributed by atoms with Crippen LogP contribution in [0.4, 0.5) is 8.78 Å². The fourth-order valence-corrected chi connectivity index (χ4v) is 6.38. The lowest BCUT2D eigenvalue weighted by Gasteiger charge is -2.24. The lowest BCUT2D eigenvalue weighted by molar-refractivity contribution is -0.130. The normalized spacial score (nSPS) is 13.9. The summed E-state index contributed by atoms with van der Waals surface area (Å²) in [5, 5.41) is 17.8. The van der Waals surface area contributed by atoms with Crippen molar-refractivity contribution in [2.24, 2.45) is 5.10 Å². The number of halogens is 2. The van der Waals surface area contributed by atoms with Crippen molar-refractivity contribution < 1.29 is 32.6 Å². The van der Waals surface area contributed by atoms with Crippen LogP contribution in [-0.4, -0.2) is 64.4 Å². The molecule has 11 nitrogen and oxygen atoms in total. The Morgan fingerprint density at radius 1 is 0.880 bits per heavy atom. The number of nitrogens with one attached hydrogen (secondary N) is 1. The molecule has 4 aromatic carbocycles. The zero-order valence-electron chi connectivity index (χ0n) is 27.3. The SMILES string of the molecule is COc1ccc(C2=NN(C(=O)CSc3nnc(CNC(=O)c4cccc(F)c4)n3-c3ccc(F)cc3)[C@H](c3cccc(OC)c3OC)C2)cc1. The van der Waals surface area contributed by atoms with E-state index in [1.54, 1.807) is 44.1 Å². The van der Waals surface area contributed by atoms with Crippen molar-refractivity contribution in [3.05, 3.63) is 125 Å². The number of aromatic nitrogens is 3. The molecule has 1 aliphatic heterocycles. The van der Waals surface area contributed by atoms with Crippen LogP contribution < -0.4 is 19.5 Å². The highest BCUT2D eigenvalue weighted by molar-refractivity contribution is 7.99. The van der Waals surface area contributed by atoms with Gasteiger partial charge in [0.25, 0.3) is 11.8 Å². The number of benzene rings is 4. The molecular weight excluding hydrogens is 666 g/mol. The van der Waals surface area contributed by atoms with Crippen LogP contribution in [0.1, 0.15) is 39.8 Å². The van der Waals surface area contributed by atoms with Crippen molar-refractivity contribution in [3.63, 3.8) is 0 Å². The van der Waals surface area contributed by atoms with Gasteiger partial charge in [-0.3, -0.25) is 14.2 Å². The summed E-state index contributed by atoms with van der Waals surface area (Å²) >= 11 is 1.11. The summed E-state index contributed by atoms with van der Waals surface area (Å²) in [7, 11) is 4.69. The molecular formula is C36H32F2N6O5S. The Morgan fingerprint density at radius 2 is 1.64 bits per heavy atom. The molecule has 1 N–H and O–H groups in total. The van der Waals surface area contributed by atoms with E-state index in [0.717, 1.165) is 29.0 Å². The number of hydrogen-bond donors (Lipinski definition) is 1. The summed E-state index contributed by atoms with van der Waals surface area (Å²) in [6, 6.07) is 23.4. The van der Waals surface area contributed by atoms with Crippen LogP contribution in [-0.2, 0) is 11.3 Å². The summed E-state index contributed by atoms with van der Waals surface area (Å²) in [5.74, 6) is 0.136. The van der Waals surface area contributed by atoms with Crippen LogP contribution in [0, 0.1) is 11.6 Å². The Balaban J connectivity index is 1.28. The van der Waals surface area contributed by atoms with E-state index < -0.39 is 23.6 Å². The predicted molar refractivity (Wildman–Crippen MR) is 183 cm³/mol. The van der Waals surface area contributed by atoms with Crippen molar-refractivity contribution in [1.82, 2.24) is 25.1 Å². The minimum absolute atomic E-state index is 0.0758. The van der Waals surface area contributed by atoms with Crippen LogP contribution in [0.2, 0.25) is 0 Å². The van der Waals surface area contributed by atoms with Crippen molar-refractivity contribution in [2.75, 3.05) is 27.1 Å². The molecule has 1 aromatic heterocycles. The average Bonchev–Trinajstić information content (AvgIpc) is 3.78. The molecule has 0 aliphatic carbocycles. The first-order chi connectivity index (χ1) is 24.3. The van der Waals surface area contributed by atoms with Crippen molar-refractivity contribution >= 4 is 29.3 Å². The second-order valence-electron chi connectivity index (χ2n) is 11.0. The summed E-state index contributed by atoms with van der Waals surface area (Å²) in [6.07, 6.45) is 0.410. The molecule has 14 heteroatoms. The van der Waals surface area contributed by atoms with Gasteiger partial charge < -0.3 is 19.5 Å². The molecule has 0 radical (unpaired) electrons. The Bertz CT molecular complexity index is 2040. The lowest BCUT2D eigenvalue weighted by Crippen LogP contribution is -2.29. The van der Waals surface area contributed by atoms with Gasteiger partial charge in [-0.05, 0) is 78.4 Å². The smallest absolute Gasteiger partial charge is 0.253 e. The van der Waals surface area contributed by atoms with Gasteiger partial charge in [-0.25, -0.2) is 13.8 Å². The van der Waals surface area contributed by atoms with Gasteiger partial charge in [-0.1, -0.05) is 30.0 Å². The number of methoxy groups -OCH3 is 3. The monoisotopic (exact) mass is 698 g/mol. The predicted octanol–water partition coefficient (Wildman–Crippen LogP) is 5.97. The molecule has 2 heterocycles. The summed E-state index contributed by atoms with van der Waals surface area (Å²) in [4.78, 5) is 26.8. The molecule has 0 spiro atoms. The van der Waals surface area contributed by atoms with Crippen LogP contribution >= 0.6 is 11.8 Å². The number of para-hydroxylation sites is 1. The first-order valence-electron chi connectivity index (χ1n) is 15.4. The van der Waals surface area contributed by atoms with E-state index >= 15 is 0 Å². The third-order valence-electron chi connectivity index (χ3n) is 7.99. The Kier molecular flexibility index (Phi) is 10.4. The Morgan fingerprint density at radius 3 is 2.34 bits per heavy atom. The van der Waals surface area contributed by atoms with E-state index in [0.29, 0.717) is 46.0 Å². The third-order valence-corrected chi connectivity index (χ3v) is 8.90. The Labute approximate surface area is 290 Å². The fourth-order valence-electron chi connectivity index (χ4n) is 5.56. The molecule has 1 atom stereocenters. The summed E-state index contributed by atoms with van der Waals surface area (Å²) in [6.45, 7) is -0.0758. The highest BCUT2D eigenvalue weighted by Crippen LogP contribution is 2.42. The van der Waals surface area contributed by atoms with Gasteiger partial charge in [0.1, 0.15) is 17.4 Å². The third kappa shape index (κ3) is 7.29. The van der Waals surface area contributed by atoms with E-state index in [1.165, 1.54) is 35.3 Å². The van der Waals surface area contributed by atoms with E-state index in [4.69, 9.17) is 19.3 Å². The quantitative estimate of drug-likeness (QED) is 0.158. The fraction of sp³-hybridized carbons (Fsp3) is 0.194. The maximum Gasteiger partial charge on any atom is 0.253 e. The van der Waals surface area contributed by atoms with Gasteiger partial charge >= 0.3 is 0 Å². The molecule has 0 saturated heterocycles. The van der Waals surface area contributed by atoms with Gasteiger partial charge in [0, 0.05) is 23.2 Å². The number of amides is 2. The van der Waals surface area contributed by atoms with E-state index in [-0.39, 0.29) is 23.8 Å². The number of hydrazone groups is 1. The van der Waals surface area contributed by atoms with Gasteiger partial charge in [0.05, 0.1) is 45.4 Å². The molecule has 256 valence electrons. The van der Waals surface area contributed by atoms with Crippen molar-refractivity contribution in [1.29, 1.82) is 0 Å². The van der Waals surface area contributed by atoms with E-state index in [9.17, 15) is 18.4 Å². The number of ether oxygens (including phenoxy) is 3. The topological polar surface area (TPSA) is 120 Å². The first kappa shape index (κ1) is 34.1. The molecule has 50 heavy (non-hydrogen) atoms. The molecule has 0 bridgehead atoms. The van der Waals surface area contributed by atoms with Gasteiger partial charge in [-0.15, -0.1) is 10.2 Å². The molecule has 0 fully saturated rings. The standard InChI is InChI=1S/C36H32F2N6O5S/c1-47-27-16-10-22(11-17-27)29-19-30(28-8-5-9-31(48-2)34(28)49-3)44(42-29)33(45)21-50-36-41-40-32(43(36)26-14-12-24(37)13-15-26)20-39-35(46)23-6-4-7-25(38)18-23/h4-18,30H,19-21H2,1-3H3,(H,39,46)/t30-/m0/s1. The van der Waals surface area contributed by atoms with E-state index in [2.05, 4.69) is 15.5 Å². The number of hydrogen-bond acceptors (Lipinski definition) is 9. The zero-order chi connectivity index (χ0) is 35.2. The number of nitrogens with zero attached hydrogens (tertiary/aromatic N) is 5. The number of carbonyl (C=O) groups excluding carboxylic acids is 2. The van der Waals surface area contributed by atoms with Crippen molar-refractivity contribution in [2.45, 2.75) is 24.2 Å². The molecule has 0 unspecified atom stereocenters. The molecule has 5 aromatic rings. The van der Waals surface area contributed by atoms with Crippen LogP contribution in [0.15, 0.2) is 101 Å². The largest absolute Gasteiger partial charge is 0.497 e. The van der Waals surface area contributed by atoms with Crippen LogP contribution in [0.5, 0.6) is 17.2 Å². The van der Waals surface area contributed by atoms with Gasteiger partial charge in [0.2, 0.25) is 0 Å². The second kappa shape index (κ2) is 15.2. The first-order valence-corrected chi connectivity index (χ1v) is 16.4. The molecule has 0 saturated carbocycles. The van der Waals surface area contributed by atoms with Crippen LogP contribution in [0.3, 0.4) is 0 Å². The molecule has 6 rings (SSSR count). The van der Waals surface area contributed by atoms with E-state index in [1.807, 2.05) is 36.4 Å². The minimum Gasteiger partial charge on any atom is -0.497 e. The highest BCUT2D eigenvalue weighted by Gasteiger charge is 2.36. The molecule has 1 aliphatic rings.